The minimum atomic E-state index is -1.59. The number of benzene rings is 1. The van der Waals surface area contributed by atoms with Crippen LogP contribution < -0.4 is 27.4 Å². The number of unbranched alkanes of at least 4 members (excludes halogenated alkanes) is 1. The fraction of sp³-hybridized carbons (Fsp3) is 0.440. The number of rotatable bonds is 17. The van der Waals surface area contributed by atoms with Crippen molar-refractivity contribution < 1.29 is 39.3 Å². The van der Waals surface area contributed by atoms with Gasteiger partial charge in [-0.3, -0.25) is 19.2 Å². The van der Waals surface area contributed by atoms with Gasteiger partial charge >= 0.3 is 11.9 Å². The minimum Gasteiger partial charge on any atom is -0.508 e. The SMILES string of the molecule is NCCCCC(NC(=O)C(Cc1cnc[nH]1)NC(=O)C(CC(=O)O)NC(=O)C(N)Cc1ccc(O)cc1)C(=O)O. The normalized spacial score (nSPS) is 13.8. The summed E-state index contributed by atoms with van der Waals surface area (Å²) in [5, 5.41) is 35.4. The Hall–Kier alpha value is -4.50. The number of aliphatic carboxylic acids is 2. The Kier molecular flexibility index (Phi) is 12.5. The molecule has 2 aromatic rings. The number of imidazole rings is 1. The Bertz CT molecular complexity index is 1140. The molecule has 3 amide bonds. The van der Waals surface area contributed by atoms with Crippen LogP contribution >= 0.6 is 0 Å². The molecule has 0 radical (unpaired) electrons. The number of carboxylic acids is 2. The maximum absolute atomic E-state index is 13.1. The third-order valence-corrected chi connectivity index (χ3v) is 5.91. The largest absolute Gasteiger partial charge is 0.508 e. The number of phenols is 1. The number of H-pyrrole nitrogens is 1. The third kappa shape index (κ3) is 10.7. The van der Waals surface area contributed by atoms with Crippen molar-refractivity contribution in [2.24, 2.45) is 11.5 Å². The highest BCUT2D eigenvalue weighted by Gasteiger charge is 2.31. The number of carboxylic acid groups (broad SMARTS) is 2. The van der Waals surface area contributed by atoms with Crippen molar-refractivity contribution >= 4 is 29.7 Å². The summed E-state index contributed by atoms with van der Waals surface area (Å²) in [6.07, 6.45) is 2.98. The number of nitrogens with one attached hydrogen (secondary N) is 4. The second-order valence-electron chi connectivity index (χ2n) is 9.16. The van der Waals surface area contributed by atoms with E-state index < -0.39 is 60.2 Å². The monoisotopic (exact) mass is 561 g/mol. The average Bonchev–Trinajstić information content (AvgIpc) is 3.41. The highest BCUT2D eigenvalue weighted by atomic mass is 16.4. The van der Waals surface area contributed by atoms with Crippen LogP contribution in [0.1, 0.15) is 36.9 Å². The molecule has 0 aliphatic rings. The van der Waals surface area contributed by atoms with Crippen molar-refractivity contribution in [3.05, 3.63) is 48.0 Å². The first-order valence-corrected chi connectivity index (χ1v) is 12.6. The quantitative estimate of drug-likeness (QED) is 0.0990. The van der Waals surface area contributed by atoms with E-state index in [1.165, 1.54) is 24.7 Å². The second kappa shape index (κ2) is 15.8. The number of carbonyl (C=O) groups excluding carboxylic acids is 3. The topological polar surface area (TPSA) is 263 Å². The number of aromatic hydroxyl groups is 1. The predicted molar refractivity (Wildman–Crippen MR) is 141 cm³/mol. The number of phenolic OH excluding ortho intramolecular Hbond substituents is 1. The van der Waals surface area contributed by atoms with E-state index in [9.17, 15) is 39.3 Å². The first-order chi connectivity index (χ1) is 19.0. The van der Waals surface area contributed by atoms with E-state index in [2.05, 4.69) is 25.9 Å². The van der Waals surface area contributed by atoms with E-state index in [0.29, 0.717) is 30.6 Å². The zero-order valence-electron chi connectivity index (χ0n) is 21.7. The fourth-order valence-corrected chi connectivity index (χ4v) is 3.76. The molecule has 0 saturated carbocycles. The molecule has 1 aromatic heterocycles. The van der Waals surface area contributed by atoms with Crippen LogP contribution in [0.15, 0.2) is 36.8 Å². The summed E-state index contributed by atoms with van der Waals surface area (Å²) in [4.78, 5) is 68.6. The van der Waals surface area contributed by atoms with Gasteiger partial charge < -0.3 is 47.7 Å². The average molecular weight is 562 g/mol. The van der Waals surface area contributed by atoms with Crippen LogP contribution in [0.5, 0.6) is 5.75 Å². The van der Waals surface area contributed by atoms with Gasteiger partial charge in [0.25, 0.3) is 0 Å². The van der Waals surface area contributed by atoms with Crippen LogP contribution in [0.25, 0.3) is 0 Å². The van der Waals surface area contributed by atoms with Gasteiger partial charge in [-0.2, -0.15) is 0 Å². The van der Waals surface area contributed by atoms with Gasteiger partial charge in [-0.15, -0.1) is 0 Å². The molecule has 0 spiro atoms. The van der Waals surface area contributed by atoms with Gasteiger partial charge in [-0.1, -0.05) is 12.1 Å². The van der Waals surface area contributed by atoms with Gasteiger partial charge in [0.1, 0.15) is 23.9 Å². The van der Waals surface area contributed by atoms with E-state index in [0.717, 1.165) is 0 Å². The smallest absolute Gasteiger partial charge is 0.326 e. The predicted octanol–water partition coefficient (Wildman–Crippen LogP) is -1.63. The molecule has 11 N–H and O–H groups in total. The molecular weight excluding hydrogens is 526 g/mol. The zero-order chi connectivity index (χ0) is 29.7. The van der Waals surface area contributed by atoms with Crippen molar-refractivity contribution in [3.63, 3.8) is 0 Å². The maximum atomic E-state index is 13.1. The zero-order valence-corrected chi connectivity index (χ0v) is 21.7. The van der Waals surface area contributed by atoms with Crippen LogP contribution in [-0.4, -0.2) is 85.7 Å². The molecule has 2 rings (SSSR count). The van der Waals surface area contributed by atoms with E-state index >= 15 is 0 Å². The number of nitrogens with zero attached hydrogens (tertiary/aromatic N) is 1. The van der Waals surface area contributed by atoms with Crippen molar-refractivity contribution in [2.75, 3.05) is 6.54 Å². The number of nitrogens with two attached hydrogens (primary N) is 2. The van der Waals surface area contributed by atoms with Crippen LogP contribution in [0.4, 0.5) is 0 Å². The van der Waals surface area contributed by atoms with Crippen LogP contribution in [0.3, 0.4) is 0 Å². The molecule has 218 valence electrons. The van der Waals surface area contributed by atoms with Gasteiger partial charge in [0.15, 0.2) is 0 Å². The first kappa shape index (κ1) is 31.7. The van der Waals surface area contributed by atoms with Crippen LogP contribution in [0.2, 0.25) is 0 Å². The Morgan fingerprint density at radius 1 is 0.875 bits per heavy atom. The summed E-state index contributed by atoms with van der Waals surface area (Å²) in [6.45, 7) is 0.355. The van der Waals surface area contributed by atoms with Crippen molar-refractivity contribution in [1.82, 2.24) is 25.9 Å². The summed E-state index contributed by atoms with van der Waals surface area (Å²) in [6, 6.07) is 0.634. The lowest BCUT2D eigenvalue weighted by molar-refractivity contribution is -0.143. The summed E-state index contributed by atoms with van der Waals surface area (Å²) < 4.78 is 0. The Morgan fingerprint density at radius 3 is 2.08 bits per heavy atom. The molecule has 0 saturated heterocycles. The van der Waals surface area contributed by atoms with Gasteiger partial charge in [0, 0.05) is 18.3 Å². The molecule has 4 unspecified atom stereocenters. The number of aromatic amines is 1. The summed E-state index contributed by atoms with van der Waals surface area (Å²) in [5.74, 6) is -5.26. The number of hydrogen-bond acceptors (Lipinski definition) is 9. The highest BCUT2D eigenvalue weighted by Crippen LogP contribution is 2.11. The molecule has 40 heavy (non-hydrogen) atoms. The van der Waals surface area contributed by atoms with E-state index in [1.54, 1.807) is 12.1 Å². The maximum Gasteiger partial charge on any atom is 0.326 e. The molecule has 0 aliphatic heterocycles. The number of hydrogen-bond donors (Lipinski definition) is 9. The van der Waals surface area contributed by atoms with E-state index in [-0.39, 0.29) is 25.0 Å². The molecular formula is C25H35N7O8. The van der Waals surface area contributed by atoms with Crippen LogP contribution in [0, 0.1) is 0 Å². The van der Waals surface area contributed by atoms with Gasteiger partial charge in [0.05, 0.1) is 18.8 Å². The standard InChI is InChI=1S/C25H35N7O8/c26-8-2-1-3-18(25(39)40)30-23(37)19(10-15-12-28-13-29-15)32-24(38)20(11-21(34)35)31-22(36)17(27)9-14-4-6-16(33)7-5-14/h4-7,12-13,17-20,33H,1-3,8-11,26-27H2,(H,28,29)(H,30,37)(H,31,36)(H,32,38)(H,34,35)(H,39,40). The lowest BCUT2D eigenvalue weighted by Crippen LogP contribution is -2.58. The molecule has 1 aromatic carbocycles. The summed E-state index contributed by atoms with van der Waals surface area (Å²) in [7, 11) is 0. The Morgan fingerprint density at radius 2 is 1.50 bits per heavy atom. The number of carbonyl (C=O) groups is 5. The fourth-order valence-electron chi connectivity index (χ4n) is 3.76. The van der Waals surface area contributed by atoms with Crippen molar-refractivity contribution in [2.45, 2.75) is 62.7 Å². The molecule has 4 atom stereocenters. The highest BCUT2D eigenvalue weighted by molar-refractivity contribution is 5.95. The third-order valence-electron chi connectivity index (χ3n) is 5.91. The minimum absolute atomic E-state index is 0.0268. The number of amides is 3. The lowest BCUT2D eigenvalue weighted by atomic mass is 10.0. The van der Waals surface area contributed by atoms with Crippen molar-refractivity contribution in [3.8, 4) is 5.75 Å². The molecule has 0 aliphatic carbocycles. The molecule has 15 nitrogen and oxygen atoms in total. The molecule has 0 fully saturated rings. The van der Waals surface area contributed by atoms with Gasteiger partial charge in [-0.25, -0.2) is 9.78 Å². The molecule has 1 heterocycles. The Balaban J connectivity index is 2.15. The number of aromatic nitrogens is 2. The summed E-state index contributed by atoms with van der Waals surface area (Å²) >= 11 is 0. The second-order valence-corrected chi connectivity index (χ2v) is 9.16. The molecule has 15 heteroatoms. The van der Waals surface area contributed by atoms with E-state index in [1.807, 2.05) is 0 Å². The van der Waals surface area contributed by atoms with Crippen LogP contribution in [-0.2, 0) is 36.8 Å². The Labute approximate surface area is 229 Å². The summed E-state index contributed by atoms with van der Waals surface area (Å²) in [5.41, 5.74) is 12.5. The van der Waals surface area contributed by atoms with Gasteiger partial charge in [0.2, 0.25) is 17.7 Å². The first-order valence-electron chi connectivity index (χ1n) is 12.6. The van der Waals surface area contributed by atoms with Gasteiger partial charge in [-0.05, 0) is 49.9 Å². The lowest BCUT2D eigenvalue weighted by Gasteiger charge is -2.24. The molecule has 0 bridgehead atoms. The van der Waals surface area contributed by atoms with Crippen molar-refractivity contribution in [1.29, 1.82) is 0 Å². The van der Waals surface area contributed by atoms with E-state index in [4.69, 9.17) is 11.5 Å².